The first-order valence-electron chi connectivity index (χ1n) is 6.98. The summed E-state index contributed by atoms with van der Waals surface area (Å²) < 4.78 is 4.82. The summed E-state index contributed by atoms with van der Waals surface area (Å²) in [6.07, 6.45) is 4.37. The van der Waals surface area contributed by atoms with E-state index in [1.54, 1.807) is 0 Å². The van der Waals surface area contributed by atoms with Crippen molar-refractivity contribution in [3.63, 3.8) is 0 Å². The highest BCUT2D eigenvalue weighted by Gasteiger charge is 2.08. The second kappa shape index (κ2) is 7.06. The normalized spacial score (nSPS) is 10.9. The summed E-state index contributed by atoms with van der Waals surface area (Å²) in [5.74, 6) is 0.0295. The molecule has 0 saturated carbocycles. The molecule has 1 N–H and O–H groups in total. The summed E-state index contributed by atoms with van der Waals surface area (Å²) in [5.41, 5.74) is 3.03. The van der Waals surface area contributed by atoms with Gasteiger partial charge in [-0.2, -0.15) is 10.2 Å². The molecule has 7 heteroatoms. The van der Waals surface area contributed by atoms with Crippen molar-refractivity contribution in [2.24, 2.45) is 0 Å². The van der Waals surface area contributed by atoms with Crippen LogP contribution in [0.2, 0.25) is 0 Å². The zero-order valence-corrected chi connectivity index (χ0v) is 14.7. The van der Waals surface area contributed by atoms with E-state index in [4.69, 9.17) is 0 Å². The van der Waals surface area contributed by atoms with Crippen LogP contribution in [0.5, 0.6) is 0 Å². The van der Waals surface area contributed by atoms with Gasteiger partial charge in [-0.25, -0.2) is 0 Å². The maximum atomic E-state index is 11.9. The lowest BCUT2D eigenvalue weighted by Gasteiger charge is -2.04. The van der Waals surface area contributed by atoms with Gasteiger partial charge in [0.15, 0.2) is 0 Å². The fraction of sp³-hybridized carbons (Fsp3) is 0.500. The zero-order valence-electron chi connectivity index (χ0n) is 12.6. The minimum atomic E-state index is 0.0295. The smallest absolute Gasteiger partial charge is 0.222 e. The van der Waals surface area contributed by atoms with E-state index in [0.29, 0.717) is 19.5 Å². The summed E-state index contributed by atoms with van der Waals surface area (Å²) in [7, 11) is 0. The van der Waals surface area contributed by atoms with Crippen LogP contribution in [0, 0.1) is 17.4 Å². The van der Waals surface area contributed by atoms with Crippen molar-refractivity contribution in [3.05, 3.63) is 32.9 Å². The third-order valence-corrected chi connectivity index (χ3v) is 4.36. The van der Waals surface area contributed by atoms with Crippen molar-refractivity contribution in [1.82, 2.24) is 24.9 Å². The lowest BCUT2D eigenvalue weighted by atomic mass is 10.2. The van der Waals surface area contributed by atoms with E-state index in [1.165, 1.54) is 0 Å². The SMILES string of the molecule is CCn1cc(CNC(=O)CCn2cc(I)c(C)n2)c(C)n1. The van der Waals surface area contributed by atoms with Crippen LogP contribution in [-0.2, 0) is 24.4 Å². The zero-order chi connectivity index (χ0) is 15.4. The molecule has 0 saturated heterocycles. The van der Waals surface area contributed by atoms with Crippen molar-refractivity contribution in [2.75, 3.05) is 0 Å². The summed E-state index contributed by atoms with van der Waals surface area (Å²) in [6.45, 7) is 7.94. The Morgan fingerprint density at radius 1 is 1.24 bits per heavy atom. The highest BCUT2D eigenvalue weighted by molar-refractivity contribution is 14.1. The van der Waals surface area contributed by atoms with Gasteiger partial charge in [-0.05, 0) is 43.4 Å². The molecule has 0 atom stereocenters. The number of carbonyl (C=O) groups is 1. The van der Waals surface area contributed by atoms with Gasteiger partial charge in [0, 0.05) is 44.0 Å². The molecule has 2 aromatic rings. The second-order valence-electron chi connectivity index (χ2n) is 4.95. The molecule has 0 aliphatic heterocycles. The predicted molar refractivity (Wildman–Crippen MR) is 88.8 cm³/mol. The fourth-order valence-corrected chi connectivity index (χ4v) is 2.43. The maximum Gasteiger partial charge on any atom is 0.222 e. The van der Waals surface area contributed by atoms with Gasteiger partial charge in [-0.15, -0.1) is 0 Å². The molecule has 21 heavy (non-hydrogen) atoms. The van der Waals surface area contributed by atoms with E-state index in [2.05, 4.69) is 38.1 Å². The molecule has 1 amide bonds. The number of hydrogen-bond donors (Lipinski definition) is 1. The summed E-state index contributed by atoms with van der Waals surface area (Å²) >= 11 is 2.24. The molecular weight excluding hydrogens is 381 g/mol. The van der Waals surface area contributed by atoms with Crippen molar-refractivity contribution in [3.8, 4) is 0 Å². The number of nitrogens with zero attached hydrogens (tertiary/aromatic N) is 4. The molecule has 2 heterocycles. The van der Waals surface area contributed by atoms with Gasteiger partial charge in [0.2, 0.25) is 5.91 Å². The molecule has 2 rings (SSSR count). The van der Waals surface area contributed by atoms with E-state index >= 15 is 0 Å². The van der Waals surface area contributed by atoms with Gasteiger partial charge in [0.1, 0.15) is 0 Å². The van der Waals surface area contributed by atoms with Crippen LogP contribution in [0.15, 0.2) is 12.4 Å². The number of halogens is 1. The molecule has 2 aromatic heterocycles. The quantitative estimate of drug-likeness (QED) is 0.754. The van der Waals surface area contributed by atoms with Crippen LogP contribution in [0.25, 0.3) is 0 Å². The van der Waals surface area contributed by atoms with Crippen molar-refractivity contribution in [1.29, 1.82) is 0 Å². The molecule has 0 aliphatic carbocycles. The number of amides is 1. The minimum absolute atomic E-state index is 0.0295. The molecule has 6 nitrogen and oxygen atoms in total. The summed E-state index contributed by atoms with van der Waals surface area (Å²) in [5, 5.41) is 11.6. The number of aryl methyl sites for hydroxylation is 4. The molecular formula is C14H20IN5O. The molecule has 0 bridgehead atoms. The lowest BCUT2D eigenvalue weighted by molar-refractivity contribution is -0.121. The second-order valence-corrected chi connectivity index (χ2v) is 6.11. The third-order valence-electron chi connectivity index (χ3n) is 3.30. The van der Waals surface area contributed by atoms with Crippen LogP contribution in [0.4, 0.5) is 0 Å². The Balaban J connectivity index is 1.80. The van der Waals surface area contributed by atoms with Crippen LogP contribution >= 0.6 is 22.6 Å². The average Bonchev–Trinajstić information content (AvgIpc) is 2.97. The van der Waals surface area contributed by atoms with E-state index in [1.807, 2.05) is 42.5 Å². The summed E-state index contributed by atoms with van der Waals surface area (Å²) in [4.78, 5) is 11.9. The topological polar surface area (TPSA) is 64.7 Å². The van der Waals surface area contributed by atoms with Gasteiger partial charge in [-0.1, -0.05) is 0 Å². The largest absolute Gasteiger partial charge is 0.352 e. The van der Waals surface area contributed by atoms with E-state index in [-0.39, 0.29) is 5.91 Å². The van der Waals surface area contributed by atoms with Crippen molar-refractivity contribution < 1.29 is 4.79 Å². The standard InChI is InChI=1S/C14H20IN5O/c1-4-19-8-12(10(2)17-19)7-16-14(21)5-6-20-9-13(15)11(3)18-20/h8-9H,4-7H2,1-3H3,(H,16,21). The first-order chi connectivity index (χ1) is 9.99. The maximum absolute atomic E-state index is 11.9. The summed E-state index contributed by atoms with van der Waals surface area (Å²) in [6, 6.07) is 0. The minimum Gasteiger partial charge on any atom is -0.352 e. The molecule has 0 unspecified atom stereocenters. The molecule has 114 valence electrons. The van der Waals surface area contributed by atoms with Crippen LogP contribution in [-0.4, -0.2) is 25.5 Å². The molecule has 0 aromatic carbocycles. The van der Waals surface area contributed by atoms with Crippen molar-refractivity contribution >= 4 is 28.5 Å². The van der Waals surface area contributed by atoms with Gasteiger partial charge in [0.05, 0.1) is 15.0 Å². The van der Waals surface area contributed by atoms with E-state index in [0.717, 1.165) is 27.1 Å². The Hall–Kier alpha value is -1.38. The van der Waals surface area contributed by atoms with E-state index in [9.17, 15) is 4.79 Å². The van der Waals surface area contributed by atoms with Crippen LogP contribution in [0.1, 0.15) is 30.3 Å². The molecule has 0 aliphatic rings. The predicted octanol–water partition coefficient (Wildman–Crippen LogP) is 2.03. The molecule has 0 spiro atoms. The Kier molecular flexibility index (Phi) is 5.38. The number of nitrogens with one attached hydrogen (secondary N) is 1. The number of hydrogen-bond acceptors (Lipinski definition) is 3. The average molecular weight is 401 g/mol. The number of rotatable bonds is 6. The van der Waals surface area contributed by atoms with Gasteiger partial charge in [0.25, 0.3) is 0 Å². The number of carbonyl (C=O) groups excluding carboxylic acids is 1. The first kappa shape index (κ1) is 16.0. The Morgan fingerprint density at radius 3 is 2.52 bits per heavy atom. The lowest BCUT2D eigenvalue weighted by Crippen LogP contribution is -2.24. The van der Waals surface area contributed by atoms with Gasteiger partial charge in [-0.3, -0.25) is 14.2 Å². The van der Waals surface area contributed by atoms with Crippen molar-refractivity contribution in [2.45, 2.75) is 46.8 Å². The molecule has 0 fully saturated rings. The Labute approximate surface area is 138 Å². The highest BCUT2D eigenvalue weighted by atomic mass is 127. The van der Waals surface area contributed by atoms with E-state index < -0.39 is 0 Å². The monoisotopic (exact) mass is 401 g/mol. The first-order valence-corrected chi connectivity index (χ1v) is 8.06. The Morgan fingerprint density at radius 2 is 1.95 bits per heavy atom. The molecule has 0 radical (unpaired) electrons. The van der Waals surface area contributed by atoms with Crippen LogP contribution < -0.4 is 5.32 Å². The highest BCUT2D eigenvalue weighted by Crippen LogP contribution is 2.09. The van der Waals surface area contributed by atoms with Gasteiger partial charge >= 0.3 is 0 Å². The number of aromatic nitrogens is 4. The Bertz CT molecular complexity index is 612. The van der Waals surface area contributed by atoms with Gasteiger partial charge < -0.3 is 5.32 Å². The third kappa shape index (κ3) is 4.29. The fourth-order valence-electron chi connectivity index (χ4n) is 2.00. The van der Waals surface area contributed by atoms with Crippen LogP contribution in [0.3, 0.4) is 0 Å².